The maximum absolute atomic E-state index is 10.3. The van der Waals surface area contributed by atoms with E-state index in [2.05, 4.69) is 13.0 Å². The number of unbranched alkanes of at least 4 members (excludes halogenated alkanes) is 3. The van der Waals surface area contributed by atoms with Gasteiger partial charge >= 0.3 is 5.97 Å². The smallest absolute Gasteiger partial charge is 0.303 e. The van der Waals surface area contributed by atoms with Gasteiger partial charge in [0, 0.05) is 6.42 Å². The number of carbonyl (C=O) groups is 1. The number of aliphatic hydroxyl groups excluding tert-OH is 2. The van der Waals surface area contributed by atoms with Gasteiger partial charge in [-0.2, -0.15) is 0 Å². The summed E-state index contributed by atoms with van der Waals surface area (Å²) >= 11 is 0. The molecule has 0 heterocycles. The van der Waals surface area contributed by atoms with E-state index >= 15 is 0 Å². The second kappa shape index (κ2) is 16.2. The lowest BCUT2D eigenvalue weighted by molar-refractivity contribution is -0.137. The summed E-state index contributed by atoms with van der Waals surface area (Å²) in [5.41, 5.74) is 0. The summed E-state index contributed by atoms with van der Waals surface area (Å²) in [6, 6.07) is 0. The van der Waals surface area contributed by atoms with E-state index in [0.29, 0.717) is 19.3 Å². The lowest BCUT2D eigenvalue weighted by Gasteiger charge is -2.02. The first-order valence-corrected chi connectivity index (χ1v) is 8.80. The zero-order valence-electron chi connectivity index (χ0n) is 14.7. The summed E-state index contributed by atoms with van der Waals surface area (Å²) in [5.74, 6) is -0.842. The Balaban J connectivity index is 3.81. The van der Waals surface area contributed by atoms with Crippen LogP contribution in [0.25, 0.3) is 0 Å². The first kappa shape index (κ1) is 22.4. The molecule has 0 unspecified atom stereocenters. The summed E-state index contributed by atoms with van der Waals surface area (Å²) in [4.78, 5) is 10.3. The fourth-order valence-electron chi connectivity index (χ4n) is 2.02. The van der Waals surface area contributed by atoms with E-state index in [0.717, 1.165) is 6.42 Å². The molecule has 0 spiro atoms. The summed E-state index contributed by atoms with van der Waals surface area (Å²) in [6.45, 7) is 2.18. The van der Waals surface area contributed by atoms with E-state index in [1.807, 2.05) is 6.08 Å². The van der Waals surface area contributed by atoms with E-state index in [1.54, 1.807) is 36.5 Å². The Morgan fingerprint density at radius 2 is 1.58 bits per heavy atom. The molecule has 2 atom stereocenters. The van der Waals surface area contributed by atoms with Gasteiger partial charge in [-0.1, -0.05) is 68.4 Å². The van der Waals surface area contributed by atoms with Crippen molar-refractivity contribution in [2.45, 2.75) is 70.5 Å². The molecule has 3 N–H and O–H groups in total. The van der Waals surface area contributed by atoms with Crippen molar-refractivity contribution in [1.82, 2.24) is 0 Å². The normalized spacial score (nSPS) is 15.1. The van der Waals surface area contributed by atoms with Crippen molar-refractivity contribution >= 4 is 5.97 Å². The Morgan fingerprint density at radius 3 is 2.21 bits per heavy atom. The third kappa shape index (κ3) is 16.7. The van der Waals surface area contributed by atoms with Crippen LogP contribution in [-0.2, 0) is 4.79 Å². The molecule has 4 heteroatoms. The van der Waals surface area contributed by atoms with Crippen LogP contribution >= 0.6 is 0 Å². The van der Waals surface area contributed by atoms with Crippen molar-refractivity contribution in [3.8, 4) is 0 Å². The van der Waals surface area contributed by atoms with Crippen molar-refractivity contribution in [2.24, 2.45) is 0 Å². The lowest BCUT2D eigenvalue weighted by atomic mass is 10.1. The molecule has 0 saturated heterocycles. The summed E-state index contributed by atoms with van der Waals surface area (Å²) in [5, 5.41) is 27.9. The molecule has 0 aliphatic carbocycles. The molecule has 0 aliphatic rings. The quantitative estimate of drug-likeness (QED) is 0.253. The molecule has 136 valence electrons. The predicted molar refractivity (Wildman–Crippen MR) is 98.8 cm³/mol. The van der Waals surface area contributed by atoms with E-state index in [1.165, 1.54) is 19.3 Å². The fraction of sp³-hybridized carbons (Fsp3) is 0.550. The number of aliphatic hydroxyl groups is 2. The monoisotopic (exact) mass is 336 g/mol. The van der Waals surface area contributed by atoms with E-state index in [9.17, 15) is 15.0 Å². The van der Waals surface area contributed by atoms with Crippen LogP contribution in [0.15, 0.2) is 48.6 Å². The van der Waals surface area contributed by atoms with E-state index < -0.39 is 18.2 Å². The average Bonchev–Trinajstić information content (AvgIpc) is 2.53. The van der Waals surface area contributed by atoms with Gasteiger partial charge in [0.25, 0.3) is 0 Å². The van der Waals surface area contributed by atoms with Crippen molar-refractivity contribution in [3.05, 3.63) is 48.6 Å². The number of allylic oxidation sites excluding steroid dienone is 5. The minimum Gasteiger partial charge on any atom is -0.481 e. The largest absolute Gasteiger partial charge is 0.481 e. The Hall–Kier alpha value is -1.65. The molecule has 0 rings (SSSR count). The van der Waals surface area contributed by atoms with E-state index in [-0.39, 0.29) is 6.42 Å². The van der Waals surface area contributed by atoms with Gasteiger partial charge in [0.05, 0.1) is 12.2 Å². The molecule has 0 bridgehead atoms. The highest BCUT2D eigenvalue weighted by molar-refractivity contribution is 5.66. The fourth-order valence-corrected chi connectivity index (χ4v) is 2.02. The maximum Gasteiger partial charge on any atom is 0.303 e. The Kier molecular flexibility index (Phi) is 15.1. The van der Waals surface area contributed by atoms with Gasteiger partial charge < -0.3 is 15.3 Å². The summed E-state index contributed by atoms with van der Waals surface area (Å²) in [7, 11) is 0. The van der Waals surface area contributed by atoms with Crippen molar-refractivity contribution in [3.63, 3.8) is 0 Å². The van der Waals surface area contributed by atoms with Crippen LogP contribution in [0.3, 0.4) is 0 Å². The zero-order valence-corrected chi connectivity index (χ0v) is 14.7. The molecule has 0 amide bonds. The standard InChI is InChI=1S/C20H32O4/c1-2-3-4-5-6-9-13-18(21)14-10-7-8-11-15-19(22)16-12-17-20(23)24/h6-11,14-15,18-19,21-22H,2-5,12-13,16-17H2,1H3,(H,23,24)/b8-7+,9-6-,14-10+,15-11+/t18-,19+/m1/s1. The summed E-state index contributed by atoms with van der Waals surface area (Å²) < 4.78 is 0. The van der Waals surface area contributed by atoms with Gasteiger partial charge in [0.15, 0.2) is 0 Å². The molecule has 0 aromatic rings. The highest BCUT2D eigenvalue weighted by Crippen LogP contribution is 2.03. The van der Waals surface area contributed by atoms with Crippen molar-refractivity contribution in [1.29, 1.82) is 0 Å². The Labute approximate surface area is 145 Å². The molecule has 0 aliphatic heterocycles. The molecule has 0 aromatic carbocycles. The number of hydrogen-bond donors (Lipinski definition) is 3. The van der Waals surface area contributed by atoms with Gasteiger partial charge in [-0.15, -0.1) is 0 Å². The van der Waals surface area contributed by atoms with Crippen LogP contribution in [0.5, 0.6) is 0 Å². The number of aliphatic carboxylic acids is 1. The van der Waals surface area contributed by atoms with Crippen LogP contribution in [0.1, 0.15) is 58.3 Å². The number of hydrogen-bond acceptors (Lipinski definition) is 3. The molecule has 0 saturated carbocycles. The van der Waals surface area contributed by atoms with Crippen LogP contribution in [0.2, 0.25) is 0 Å². The zero-order chi connectivity index (χ0) is 18.0. The number of rotatable bonds is 14. The van der Waals surface area contributed by atoms with Crippen molar-refractivity contribution < 1.29 is 20.1 Å². The van der Waals surface area contributed by atoms with Crippen molar-refractivity contribution in [2.75, 3.05) is 0 Å². The second-order valence-electron chi connectivity index (χ2n) is 5.78. The highest BCUT2D eigenvalue weighted by atomic mass is 16.4. The Bertz CT molecular complexity index is 421. The van der Waals surface area contributed by atoms with Crippen LogP contribution in [0.4, 0.5) is 0 Å². The maximum atomic E-state index is 10.3. The molecule has 0 fully saturated rings. The van der Waals surface area contributed by atoms with E-state index in [4.69, 9.17) is 5.11 Å². The third-order valence-corrected chi connectivity index (χ3v) is 3.41. The van der Waals surface area contributed by atoms with Crippen LogP contribution in [-0.4, -0.2) is 33.5 Å². The minimum atomic E-state index is -0.842. The number of carboxylic acids is 1. The first-order valence-electron chi connectivity index (χ1n) is 8.80. The van der Waals surface area contributed by atoms with Crippen LogP contribution < -0.4 is 0 Å². The van der Waals surface area contributed by atoms with Gasteiger partial charge in [0.2, 0.25) is 0 Å². The Morgan fingerprint density at radius 1 is 0.917 bits per heavy atom. The molecule has 4 nitrogen and oxygen atoms in total. The third-order valence-electron chi connectivity index (χ3n) is 3.41. The highest BCUT2D eigenvalue weighted by Gasteiger charge is 2.01. The number of carboxylic acid groups (broad SMARTS) is 1. The molecular formula is C20H32O4. The molecular weight excluding hydrogens is 304 g/mol. The van der Waals surface area contributed by atoms with Gasteiger partial charge in [0.1, 0.15) is 0 Å². The predicted octanol–water partition coefficient (Wildman–Crippen LogP) is 4.16. The molecule has 0 radical (unpaired) electrons. The van der Waals surface area contributed by atoms with Gasteiger partial charge in [-0.25, -0.2) is 0 Å². The second-order valence-corrected chi connectivity index (χ2v) is 5.78. The molecule has 24 heavy (non-hydrogen) atoms. The first-order chi connectivity index (χ1) is 11.6. The molecule has 0 aromatic heterocycles. The topological polar surface area (TPSA) is 77.8 Å². The van der Waals surface area contributed by atoms with Gasteiger partial charge in [-0.05, 0) is 32.1 Å². The SMILES string of the molecule is CCCCC/C=C\C[C@@H](O)/C=C/C=C/C=C/[C@H](O)CCCC(=O)O. The summed E-state index contributed by atoms with van der Waals surface area (Å²) in [6.07, 6.45) is 19.8. The lowest BCUT2D eigenvalue weighted by Crippen LogP contribution is -2.03. The van der Waals surface area contributed by atoms with Gasteiger partial charge in [-0.3, -0.25) is 4.79 Å². The minimum absolute atomic E-state index is 0.0778. The van der Waals surface area contributed by atoms with Crippen LogP contribution in [0, 0.1) is 0 Å². The average molecular weight is 336 g/mol.